The van der Waals surface area contributed by atoms with Gasteiger partial charge in [-0.15, -0.1) is 11.3 Å². The van der Waals surface area contributed by atoms with Gasteiger partial charge in [0.25, 0.3) is 0 Å². The standard InChI is InChI=1S/C14H15NO5S2/c1-9(12-4-3-7-21-12)15-22(18,19)13-8-10(14(16)17)5-6-11(13)20-2/h3-9,15H,1-2H3,(H,16,17). The third-order valence-corrected chi connectivity index (χ3v) is 5.62. The molecule has 2 rings (SSSR count). The lowest BCUT2D eigenvalue weighted by Crippen LogP contribution is -2.27. The van der Waals surface area contributed by atoms with Crippen molar-refractivity contribution >= 4 is 27.3 Å². The molecule has 22 heavy (non-hydrogen) atoms. The number of thiophene rings is 1. The minimum Gasteiger partial charge on any atom is -0.495 e. The van der Waals surface area contributed by atoms with Gasteiger partial charge in [0.2, 0.25) is 10.0 Å². The first-order chi connectivity index (χ1) is 10.3. The lowest BCUT2D eigenvalue weighted by atomic mass is 10.2. The van der Waals surface area contributed by atoms with E-state index in [9.17, 15) is 13.2 Å². The Morgan fingerprint density at radius 2 is 2.09 bits per heavy atom. The number of aromatic carboxylic acids is 1. The van der Waals surface area contributed by atoms with Gasteiger partial charge in [-0.3, -0.25) is 0 Å². The van der Waals surface area contributed by atoms with Gasteiger partial charge in [-0.25, -0.2) is 17.9 Å². The molecular weight excluding hydrogens is 326 g/mol. The number of hydrogen-bond donors (Lipinski definition) is 2. The van der Waals surface area contributed by atoms with Gasteiger partial charge in [-0.1, -0.05) is 6.07 Å². The molecule has 6 nitrogen and oxygen atoms in total. The van der Waals surface area contributed by atoms with Crippen LogP contribution in [0.15, 0.2) is 40.6 Å². The van der Waals surface area contributed by atoms with Crippen molar-refractivity contribution in [1.29, 1.82) is 0 Å². The van der Waals surface area contributed by atoms with Crippen LogP contribution in [0.1, 0.15) is 28.2 Å². The predicted molar refractivity (Wildman–Crippen MR) is 83.0 cm³/mol. The highest BCUT2D eigenvalue weighted by Crippen LogP contribution is 2.27. The lowest BCUT2D eigenvalue weighted by Gasteiger charge is -2.15. The second-order valence-electron chi connectivity index (χ2n) is 4.53. The quantitative estimate of drug-likeness (QED) is 0.842. The van der Waals surface area contributed by atoms with Gasteiger partial charge >= 0.3 is 5.97 Å². The summed E-state index contributed by atoms with van der Waals surface area (Å²) < 4.78 is 32.6. The van der Waals surface area contributed by atoms with Gasteiger partial charge < -0.3 is 9.84 Å². The molecule has 8 heteroatoms. The Kier molecular flexibility index (Phi) is 4.84. The summed E-state index contributed by atoms with van der Waals surface area (Å²) in [7, 11) is -2.59. The summed E-state index contributed by atoms with van der Waals surface area (Å²) in [6, 6.07) is 6.93. The van der Waals surface area contributed by atoms with Gasteiger partial charge in [0.05, 0.1) is 18.7 Å². The van der Waals surface area contributed by atoms with E-state index in [0.717, 1.165) is 10.9 Å². The normalized spacial score (nSPS) is 12.8. The molecule has 1 heterocycles. The van der Waals surface area contributed by atoms with E-state index in [1.165, 1.54) is 30.6 Å². The summed E-state index contributed by atoms with van der Waals surface area (Å²) in [6.07, 6.45) is 0. The van der Waals surface area contributed by atoms with Crippen LogP contribution in [0.2, 0.25) is 0 Å². The first-order valence-electron chi connectivity index (χ1n) is 6.32. The molecule has 1 atom stereocenters. The molecule has 1 unspecified atom stereocenters. The van der Waals surface area contributed by atoms with Gasteiger partial charge in [-0.2, -0.15) is 0 Å². The van der Waals surface area contributed by atoms with E-state index < -0.39 is 22.0 Å². The molecule has 0 aliphatic heterocycles. The fourth-order valence-electron chi connectivity index (χ4n) is 1.91. The molecule has 2 aromatic rings. The number of carboxylic acids is 1. The number of carboxylic acid groups (broad SMARTS) is 1. The first-order valence-corrected chi connectivity index (χ1v) is 8.68. The van der Waals surface area contributed by atoms with Gasteiger partial charge in [0.15, 0.2) is 0 Å². The molecule has 0 fully saturated rings. The van der Waals surface area contributed by atoms with Crippen molar-refractivity contribution in [3.63, 3.8) is 0 Å². The second kappa shape index (κ2) is 6.47. The van der Waals surface area contributed by atoms with Crippen LogP contribution in [0.5, 0.6) is 5.75 Å². The maximum atomic E-state index is 12.5. The van der Waals surface area contributed by atoms with Crippen molar-refractivity contribution in [3.05, 3.63) is 46.2 Å². The van der Waals surface area contributed by atoms with Crippen LogP contribution >= 0.6 is 11.3 Å². The average Bonchev–Trinajstić information content (AvgIpc) is 3.00. The number of nitrogens with one attached hydrogen (secondary N) is 1. The molecule has 0 bridgehead atoms. The van der Waals surface area contributed by atoms with Crippen LogP contribution in [0.4, 0.5) is 0 Å². The Balaban J connectivity index is 2.39. The van der Waals surface area contributed by atoms with Crippen LogP contribution < -0.4 is 9.46 Å². The van der Waals surface area contributed by atoms with E-state index >= 15 is 0 Å². The lowest BCUT2D eigenvalue weighted by molar-refractivity contribution is 0.0696. The SMILES string of the molecule is COc1ccc(C(=O)O)cc1S(=O)(=O)NC(C)c1cccs1. The second-order valence-corrected chi connectivity index (χ2v) is 7.19. The van der Waals surface area contributed by atoms with Crippen LogP contribution in [0, 0.1) is 0 Å². The van der Waals surface area contributed by atoms with Gasteiger partial charge in [0.1, 0.15) is 10.6 Å². The van der Waals surface area contributed by atoms with E-state index in [1.807, 2.05) is 17.5 Å². The Labute approximate surface area is 132 Å². The average molecular weight is 341 g/mol. The number of ether oxygens (including phenoxy) is 1. The molecule has 1 aromatic heterocycles. The van der Waals surface area contributed by atoms with E-state index in [2.05, 4.69) is 4.72 Å². The highest BCUT2D eigenvalue weighted by Gasteiger charge is 2.24. The van der Waals surface area contributed by atoms with Crippen LogP contribution in [-0.4, -0.2) is 26.6 Å². The summed E-state index contributed by atoms with van der Waals surface area (Å²) in [4.78, 5) is 11.7. The van der Waals surface area contributed by atoms with E-state index in [-0.39, 0.29) is 16.2 Å². The summed E-state index contributed by atoms with van der Waals surface area (Å²) >= 11 is 1.43. The summed E-state index contributed by atoms with van der Waals surface area (Å²) in [5.41, 5.74) is -0.120. The highest BCUT2D eigenvalue weighted by atomic mass is 32.2. The van der Waals surface area contributed by atoms with E-state index in [1.54, 1.807) is 6.92 Å². The third kappa shape index (κ3) is 3.46. The van der Waals surface area contributed by atoms with Crippen LogP contribution in [0.25, 0.3) is 0 Å². The number of carbonyl (C=O) groups is 1. The van der Waals surface area contributed by atoms with E-state index in [4.69, 9.17) is 9.84 Å². The highest BCUT2D eigenvalue weighted by molar-refractivity contribution is 7.89. The van der Waals surface area contributed by atoms with Gasteiger partial charge in [-0.05, 0) is 36.6 Å². The molecular formula is C14H15NO5S2. The minimum atomic E-state index is -3.92. The smallest absolute Gasteiger partial charge is 0.335 e. The zero-order valence-corrected chi connectivity index (χ0v) is 13.6. The number of methoxy groups -OCH3 is 1. The largest absolute Gasteiger partial charge is 0.495 e. The fraction of sp³-hybridized carbons (Fsp3) is 0.214. The van der Waals surface area contributed by atoms with Crippen molar-refractivity contribution in [2.45, 2.75) is 17.9 Å². The Bertz CT molecular complexity index is 769. The first kappa shape index (κ1) is 16.5. The van der Waals surface area contributed by atoms with Crippen LogP contribution in [-0.2, 0) is 10.0 Å². The van der Waals surface area contributed by atoms with Crippen molar-refractivity contribution in [2.24, 2.45) is 0 Å². The maximum Gasteiger partial charge on any atom is 0.335 e. The topological polar surface area (TPSA) is 92.7 Å². The summed E-state index contributed by atoms with van der Waals surface area (Å²) in [6.45, 7) is 1.72. The van der Waals surface area contributed by atoms with E-state index in [0.29, 0.717) is 0 Å². The number of hydrogen-bond acceptors (Lipinski definition) is 5. The van der Waals surface area contributed by atoms with Crippen molar-refractivity contribution < 1.29 is 23.1 Å². The molecule has 0 spiro atoms. The third-order valence-electron chi connectivity index (χ3n) is 3.00. The molecule has 118 valence electrons. The number of rotatable bonds is 6. The summed E-state index contributed by atoms with van der Waals surface area (Å²) in [5.74, 6) is -1.11. The minimum absolute atomic E-state index is 0.0934. The number of benzene rings is 1. The Morgan fingerprint density at radius 3 is 2.64 bits per heavy atom. The Hall–Kier alpha value is -1.90. The molecule has 0 aliphatic rings. The predicted octanol–water partition coefficient (Wildman–Crippen LogP) is 2.49. The molecule has 0 radical (unpaired) electrons. The van der Waals surface area contributed by atoms with Gasteiger partial charge in [0, 0.05) is 4.88 Å². The molecule has 0 saturated carbocycles. The molecule has 0 amide bonds. The zero-order chi connectivity index (χ0) is 16.3. The molecule has 0 aliphatic carbocycles. The Morgan fingerprint density at radius 1 is 1.36 bits per heavy atom. The maximum absolute atomic E-state index is 12.5. The van der Waals surface area contributed by atoms with Crippen molar-refractivity contribution in [2.75, 3.05) is 7.11 Å². The molecule has 1 aromatic carbocycles. The van der Waals surface area contributed by atoms with Crippen LogP contribution in [0.3, 0.4) is 0 Å². The zero-order valence-electron chi connectivity index (χ0n) is 11.9. The van der Waals surface area contributed by atoms with Crippen molar-refractivity contribution in [1.82, 2.24) is 4.72 Å². The fourth-order valence-corrected chi connectivity index (χ4v) is 4.14. The summed E-state index contributed by atoms with van der Waals surface area (Å²) in [5, 5.41) is 10.9. The number of sulfonamides is 1. The molecule has 2 N–H and O–H groups in total. The monoisotopic (exact) mass is 341 g/mol. The molecule has 0 saturated heterocycles. The van der Waals surface area contributed by atoms with Crippen molar-refractivity contribution in [3.8, 4) is 5.75 Å².